The van der Waals surface area contributed by atoms with Gasteiger partial charge in [0.05, 0.1) is 0 Å². The van der Waals surface area contributed by atoms with Crippen molar-refractivity contribution in [3.8, 4) is 6.07 Å². The minimum atomic E-state index is 0.433. The summed E-state index contributed by atoms with van der Waals surface area (Å²) in [6.07, 6.45) is 5.21. The summed E-state index contributed by atoms with van der Waals surface area (Å²) < 4.78 is 0. The monoisotopic (exact) mass is 244 g/mol. The van der Waals surface area contributed by atoms with Crippen LogP contribution in [-0.2, 0) is 0 Å². The highest BCUT2D eigenvalue weighted by atomic mass is 15.1. The van der Waals surface area contributed by atoms with E-state index in [0.717, 1.165) is 24.1 Å². The average Bonchev–Trinajstić information content (AvgIpc) is 2.37. The third-order valence-corrected chi connectivity index (χ3v) is 3.65. The zero-order chi connectivity index (χ0) is 13.0. The fraction of sp³-hybridized carbons (Fsp3) is 0.643. The molecule has 18 heavy (non-hydrogen) atoms. The lowest BCUT2D eigenvalue weighted by Crippen LogP contribution is -2.21. The van der Waals surface area contributed by atoms with Crippen LogP contribution in [0, 0.1) is 30.1 Å². The van der Waals surface area contributed by atoms with Gasteiger partial charge in [0, 0.05) is 12.2 Å². The Labute approximate surface area is 108 Å². The molecule has 0 aromatic carbocycles. The predicted octanol–water partition coefficient (Wildman–Crippen LogP) is 2.89. The lowest BCUT2D eigenvalue weighted by atomic mass is 9.83. The first-order valence-electron chi connectivity index (χ1n) is 6.67. The molecule has 1 N–H and O–H groups in total. The number of anilines is 1. The van der Waals surface area contributed by atoms with Crippen molar-refractivity contribution in [1.29, 1.82) is 5.26 Å². The van der Waals surface area contributed by atoms with Crippen molar-refractivity contribution in [2.75, 3.05) is 11.9 Å². The molecule has 0 bridgehead atoms. The molecule has 1 aromatic rings. The molecular formula is C14H20N4. The van der Waals surface area contributed by atoms with Gasteiger partial charge in [-0.05, 0) is 37.7 Å². The van der Waals surface area contributed by atoms with Gasteiger partial charge in [-0.15, -0.1) is 0 Å². The van der Waals surface area contributed by atoms with Crippen LogP contribution in [0.25, 0.3) is 0 Å². The van der Waals surface area contributed by atoms with Gasteiger partial charge in [-0.1, -0.05) is 19.8 Å². The Morgan fingerprint density at radius 1 is 1.33 bits per heavy atom. The van der Waals surface area contributed by atoms with Crippen LogP contribution in [0.3, 0.4) is 0 Å². The van der Waals surface area contributed by atoms with Crippen LogP contribution in [0.15, 0.2) is 6.07 Å². The molecule has 4 nitrogen and oxygen atoms in total. The number of nitriles is 1. The first-order valence-corrected chi connectivity index (χ1v) is 6.67. The molecule has 0 amide bonds. The Bertz CT molecular complexity index is 442. The smallest absolute Gasteiger partial charge is 0.224 e. The Morgan fingerprint density at radius 3 is 2.72 bits per heavy atom. The van der Waals surface area contributed by atoms with Crippen molar-refractivity contribution in [3.05, 3.63) is 17.5 Å². The van der Waals surface area contributed by atoms with Gasteiger partial charge in [-0.3, -0.25) is 0 Å². The first kappa shape index (κ1) is 12.8. The Morgan fingerprint density at radius 2 is 2.06 bits per heavy atom. The third-order valence-electron chi connectivity index (χ3n) is 3.65. The molecule has 4 heteroatoms. The summed E-state index contributed by atoms with van der Waals surface area (Å²) in [5.74, 6) is 2.18. The number of aryl methyl sites for hydroxylation is 1. The maximum atomic E-state index is 8.86. The minimum absolute atomic E-state index is 0.433. The Kier molecular flexibility index (Phi) is 4.14. The molecule has 0 unspecified atom stereocenters. The fourth-order valence-electron chi connectivity index (χ4n) is 2.47. The molecular weight excluding hydrogens is 224 g/mol. The van der Waals surface area contributed by atoms with E-state index < -0.39 is 0 Å². The minimum Gasteiger partial charge on any atom is -0.354 e. The molecule has 96 valence electrons. The van der Waals surface area contributed by atoms with E-state index in [9.17, 15) is 0 Å². The standard InChI is InChI=1S/C14H20N4/c1-10-3-5-12(6-4-10)9-16-14-17-11(2)7-13(8-15)18-14/h7,10,12H,3-6,9H2,1-2H3,(H,16,17,18). The first-order chi connectivity index (χ1) is 8.67. The number of nitrogens with zero attached hydrogens (tertiary/aromatic N) is 3. The molecule has 0 saturated heterocycles. The van der Waals surface area contributed by atoms with Crippen LogP contribution in [-0.4, -0.2) is 16.5 Å². The van der Waals surface area contributed by atoms with Gasteiger partial charge < -0.3 is 5.32 Å². The van der Waals surface area contributed by atoms with E-state index >= 15 is 0 Å². The lowest BCUT2D eigenvalue weighted by molar-refractivity contribution is 0.300. The largest absolute Gasteiger partial charge is 0.354 e. The van der Waals surface area contributed by atoms with Crippen molar-refractivity contribution >= 4 is 5.95 Å². The van der Waals surface area contributed by atoms with E-state index in [1.165, 1.54) is 25.7 Å². The fourth-order valence-corrected chi connectivity index (χ4v) is 2.47. The topological polar surface area (TPSA) is 61.6 Å². The molecule has 2 rings (SSSR count). The van der Waals surface area contributed by atoms with Crippen molar-refractivity contribution in [2.45, 2.75) is 39.5 Å². The van der Waals surface area contributed by atoms with E-state index in [4.69, 9.17) is 5.26 Å². The zero-order valence-corrected chi connectivity index (χ0v) is 11.1. The average molecular weight is 244 g/mol. The van der Waals surface area contributed by atoms with Crippen LogP contribution in [0.1, 0.15) is 44.0 Å². The van der Waals surface area contributed by atoms with E-state index in [1.54, 1.807) is 6.07 Å². The van der Waals surface area contributed by atoms with Crippen LogP contribution < -0.4 is 5.32 Å². The molecule has 1 heterocycles. The highest BCUT2D eigenvalue weighted by Crippen LogP contribution is 2.28. The van der Waals surface area contributed by atoms with Gasteiger partial charge >= 0.3 is 0 Å². The van der Waals surface area contributed by atoms with E-state index in [-0.39, 0.29) is 0 Å². The number of hydrogen-bond donors (Lipinski definition) is 1. The molecule has 1 aliphatic carbocycles. The molecule has 0 aliphatic heterocycles. The van der Waals surface area contributed by atoms with E-state index in [1.807, 2.05) is 6.92 Å². The van der Waals surface area contributed by atoms with Crippen molar-refractivity contribution in [1.82, 2.24) is 9.97 Å². The molecule has 1 aromatic heterocycles. The molecule has 1 saturated carbocycles. The van der Waals surface area contributed by atoms with Gasteiger partial charge in [-0.25, -0.2) is 9.97 Å². The molecule has 0 radical (unpaired) electrons. The summed E-state index contributed by atoms with van der Waals surface area (Å²) in [6.45, 7) is 5.13. The normalized spacial score (nSPS) is 23.4. The quantitative estimate of drug-likeness (QED) is 0.888. The molecule has 1 fully saturated rings. The molecule has 0 atom stereocenters. The summed E-state index contributed by atoms with van der Waals surface area (Å²) >= 11 is 0. The summed E-state index contributed by atoms with van der Waals surface area (Å²) in [5, 5.41) is 12.1. The molecule has 0 spiro atoms. The number of nitrogens with one attached hydrogen (secondary N) is 1. The number of hydrogen-bond acceptors (Lipinski definition) is 4. The summed E-state index contributed by atoms with van der Waals surface area (Å²) in [7, 11) is 0. The Hall–Kier alpha value is -1.63. The van der Waals surface area contributed by atoms with Gasteiger partial charge in [-0.2, -0.15) is 5.26 Å². The van der Waals surface area contributed by atoms with Crippen molar-refractivity contribution in [2.24, 2.45) is 11.8 Å². The van der Waals surface area contributed by atoms with Crippen LogP contribution in [0.4, 0.5) is 5.95 Å². The van der Waals surface area contributed by atoms with Gasteiger partial charge in [0.25, 0.3) is 0 Å². The zero-order valence-electron chi connectivity index (χ0n) is 11.1. The van der Waals surface area contributed by atoms with Gasteiger partial charge in [0.1, 0.15) is 11.8 Å². The maximum Gasteiger partial charge on any atom is 0.224 e. The number of aromatic nitrogens is 2. The summed E-state index contributed by atoms with van der Waals surface area (Å²) in [4.78, 5) is 8.48. The second-order valence-electron chi connectivity index (χ2n) is 5.34. The lowest BCUT2D eigenvalue weighted by Gasteiger charge is -2.26. The van der Waals surface area contributed by atoms with E-state index in [0.29, 0.717) is 11.6 Å². The van der Waals surface area contributed by atoms with Gasteiger partial charge in [0.2, 0.25) is 5.95 Å². The highest BCUT2D eigenvalue weighted by molar-refractivity contribution is 5.32. The number of rotatable bonds is 3. The van der Waals surface area contributed by atoms with Crippen LogP contribution in [0.5, 0.6) is 0 Å². The van der Waals surface area contributed by atoms with E-state index in [2.05, 4.69) is 28.3 Å². The second kappa shape index (κ2) is 5.81. The van der Waals surface area contributed by atoms with Crippen LogP contribution in [0.2, 0.25) is 0 Å². The highest BCUT2D eigenvalue weighted by Gasteiger charge is 2.18. The maximum absolute atomic E-state index is 8.86. The molecule has 1 aliphatic rings. The third kappa shape index (κ3) is 3.43. The Balaban J connectivity index is 1.90. The summed E-state index contributed by atoms with van der Waals surface area (Å²) in [5.41, 5.74) is 1.27. The van der Waals surface area contributed by atoms with Crippen molar-refractivity contribution < 1.29 is 0 Å². The summed E-state index contributed by atoms with van der Waals surface area (Å²) in [6, 6.07) is 3.76. The second-order valence-corrected chi connectivity index (χ2v) is 5.34. The SMILES string of the molecule is Cc1cc(C#N)nc(NCC2CCC(C)CC2)n1. The van der Waals surface area contributed by atoms with Crippen molar-refractivity contribution in [3.63, 3.8) is 0 Å². The van der Waals surface area contributed by atoms with Gasteiger partial charge in [0.15, 0.2) is 0 Å². The van der Waals surface area contributed by atoms with Crippen LogP contribution >= 0.6 is 0 Å². The predicted molar refractivity (Wildman–Crippen MR) is 71.1 cm³/mol.